The molecule has 0 amide bonds. The molecule has 0 fully saturated rings. The zero-order valence-electron chi connectivity index (χ0n) is 12.0. The number of para-hydroxylation sites is 1. The first-order valence-corrected chi connectivity index (χ1v) is 7.25. The Balaban J connectivity index is 2.38. The molecular weight excluding hydrogens is 222 g/mol. The van der Waals surface area contributed by atoms with Gasteiger partial charge in [0.25, 0.3) is 0 Å². The van der Waals surface area contributed by atoms with Crippen molar-refractivity contribution < 1.29 is 4.74 Å². The summed E-state index contributed by atoms with van der Waals surface area (Å²) in [6.45, 7) is 9.85. The van der Waals surface area contributed by atoms with Gasteiger partial charge in [-0.3, -0.25) is 0 Å². The Morgan fingerprint density at radius 3 is 2.67 bits per heavy atom. The number of hydrogen-bond acceptors (Lipinski definition) is 2. The van der Waals surface area contributed by atoms with Crippen LogP contribution in [0, 0.1) is 0 Å². The summed E-state index contributed by atoms with van der Waals surface area (Å²) in [4.78, 5) is 0. The molecule has 2 nitrogen and oxygen atoms in total. The molecule has 18 heavy (non-hydrogen) atoms. The normalized spacial score (nSPS) is 23.6. The summed E-state index contributed by atoms with van der Waals surface area (Å²) in [5, 5.41) is 3.56. The van der Waals surface area contributed by atoms with Gasteiger partial charge in [0, 0.05) is 5.56 Å². The van der Waals surface area contributed by atoms with Crippen molar-refractivity contribution in [2.24, 2.45) is 0 Å². The maximum Gasteiger partial charge on any atom is 0.128 e. The smallest absolute Gasteiger partial charge is 0.128 e. The summed E-state index contributed by atoms with van der Waals surface area (Å²) < 4.78 is 6.21. The highest BCUT2D eigenvalue weighted by Crippen LogP contribution is 2.43. The molecule has 2 heteroatoms. The van der Waals surface area contributed by atoms with E-state index in [9.17, 15) is 0 Å². The van der Waals surface area contributed by atoms with Crippen molar-refractivity contribution in [3.05, 3.63) is 29.3 Å². The molecule has 0 bridgehead atoms. The molecule has 0 aromatic heterocycles. The second kappa shape index (κ2) is 5.75. The van der Waals surface area contributed by atoms with Gasteiger partial charge in [-0.1, -0.05) is 45.9 Å². The molecule has 100 valence electrons. The largest absolute Gasteiger partial charge is 0.488 e. The van der Waals surface area contributed by atoms with Crippen molar-refractivity contribution in [2.45, 2.75) is 58.6 Å². The Bertz CT molecular complexity index is 402. The monoisotopic (exact) mass is 247 g/mol. The van der Waals surface area contributed by atoms with Crippen LogP contribution >= 0.6 is 0 Å². The van der Waals surface area contributed by atoms with Crippen LogP contribution in [0.15, 0.2) is 18.2 Å². The highest BCUT2D eigenvalue weighted by Gasteiger charge is 2.34. The minimum absolute atomic E-state index is 0.283. The number of benzene rings is 1. The minimum Gasteiger partial charge on any atom is -0.488 e. The van der Waals surface area contributed by atoms with E-state index in [0.717, 1.165) is 25.1 Å². The molecule has 0 aliphatic carbocycles. The van der Waals surface area contributed by atoms with Gasteiger partial charge in [0.15, 0.2) is 0 Å². The lowest BCUT2D eigenvalue weighted by Gasteiger charge is -2.17. The maximum atomic E-state index is 6.21. The fourth-order valence-corrected chi connectivity index (χ4v) is 2.76. The van der Waals surface area contributed by atoms with Gasteiger partial charge in [0.2, 0.25) is 0 Å². The minimum atomic E-state index is 0.283. The molecule has 3 atom stereocenters. The molecule has 0 saturated carbocycles. The average Bonchev–Trinajstić information content (AvgIpc) is 2.76. The Hall–Kier alpha value is -1.02. The molecule has 1 N–H and O–H groups in total. The van der Waals surface area contributed by atoms with E-state index in [1.807, 2.05) is 0 Å². The topological polar surface area (TPSA) is 21.3 Å². The molecule has 1 heterocycles. The number of fused-ring (bicyclic) bond motifs is 1. The summed E-state index contributed by atoms with van der Waals surface area (Å²) in [6, 6.07) is 6.96. The van der Waals surface area contributed by atoms with Crippen LogP contribution in [0.1, 0.15) is 63.6 Å². The first kappa shape index (κ1) is 13.4. The van der Waals surface area contributed by atoms with E-state index in [1.54, 1.807) is 0 Å². The van der Waals surface area contributed by atoms with Crippen LogP contribution in [0.2, 0.25) is 0 Å². The summed E-state index contributed by atoms with van der Waals surface area (Å²) in [5.41, 5.74) is 2.72. The van der Waals surface area contributed by atoms with Crippen molar-refractivity contribution in [3.8, 4) is 5.75 Å². The van der Waals surface area contributed by atoms with Crippen LogP contribution < -0.4 is 10.1 Å². The van der Waals surface area contributed by atoms with Crippen LogP contribution in [0.5, 0.6) is 5.75 Å². The number of hydrogen-bond donors (Lipinski definition) is 1. The lowest BCUT2D eigenvalue weighted by atomic mass is 9.93. The first-order chi connectivity index (χ1) is 8.72. The van der Waals surface area contributed by atoms with Crippen molar-refractivity contribution in [3.63, 3.8) is 0 Å². The van der Waals surface area contributed by atoms with Crippen molar-refractivity contribution in [1.29, 1.82) is 0 Å². The number of nitrogens with one attached hydrogen (secondary N) is 1. The van der Waals surface area contributed by atoms with E-state index in [0.29, 0.717) is 12.0 Å². The van der Waals surface area contributed by atoms with Gasteiger partial charge in [-0.25, -0.2) is 0 Å². The molecule has 1 aliphatic rings. The molecule has 0 spiro atoms. The number of likely N-dealkylation sites (N-methyl/N-ethyl adjacent to an activating group) is 1. The molecule has 3 unspecified atom stereocenters. The van der Waals surface area contributed by atoms with Crippen molar-refractivity contribution >= 4 is 0 Å². The van der Waals surface area contributed by atoms with Gasteiger partial charge < -0.3 is 10.1 Å². The van der Waals surface area contributed by atoms with Crippen molar-refractivity contribution in [1.82, 2.24) is 5.32 Å². The van der Waals surface area contributed by atoms with Crippen LogP contribution in [0.3, 0.4) is 0 Å². The molecule has 1 aromatic carbocycles. The summed E-state index contributed by atoms with van der Waals surface area (Å²) in [7, 11) is 0. The zero-order chi connectivity index (χ0) is 13.1. The van der Waals surface area contributed by atoms with Crippen LogP contribution in [-0.2, 0) is 0 Å². The Kier molecular flexibility index (Phi) is 4.28. The third-order valence-corrected chi connectivity index (χ3v) is 4.02. The fourth-order valence-electron chi connectivity index (χ4n) is 2.76. The number of rotatable bonds is 5. The van der Waals surface area contributed by atoms with E-state index < -0.39 is 0 Å². The lowest BCUT2D eigenvalue weighted by molar-refractivity contribution is 0.184. The molecule has 0 radical (unpaired) electrons. The summed E-state index contributed by atoms with van der Waals surface area (Å²) >= 11 is 0. The van der Waals surface area contributed by atoms with E-state index in [4.69, 9.17) is 4.74 Å². The Morgan fingerprint density at radius 1 is 1.28 bits per heavy atom. The second-order valence-corrected chi connectivity index (χ2v) is 5.17. The third-order valence-electron chi connectivity index (χ3n) is 4.02. The van der Waals surface area contributed by atoms with Crippen LogP contribution in [0.25, 0.3) is 0 Å². The molecule has 1 aromatic rings. The third kappa shape index (κ3) is 2.26. The van der Waals surface area contributed by atoms with Gasteiger partial charge >= 0.3 is 0 Å². The van der Waals surface area contributed by atoms with Crippen molar-refractivity contribution in [2.75, 3.05) is 6.54 Å². The van der Waals surface area contributed by atoms with Gasteiger partial charge in [0.05, 0.1) is 6.04 Å². The van der Waals surface area contributed by atoms with Gasteiger partial charge in [-0.2, -0.15) is 0 Å². The van der Waals surface area contributed by atoms with Gasteiger partial charge in [0.1, 0.15) is 11.9 Å². The molecular formula is C16H25NO. The van der Waals surface area contributed by atoms with E-state index >= 15 is 0 Å². The quantitative estimate of drug-likeness (QED) is 0.848. The zero-order valence-corrected chi connectivity index (χ0v) is 12.0. The van der Waals surface area contributed by atoms with Gasteiger partial charge in [-0.05, 0) is 30.9 Å². The second-order valence-electron chi connectivity index (χ2n) is 5.17. The molecule has 0 saturated heterocycles. The maximum absolute atomic E-state index is 6.21. The average molecular weight is 247 g/mol. The molecule has 2 rings (SSSR count). The van der Waals surface area contributed by atoms with E-state index in [2.05, 4.69) is 51.2 Å². The number of ether oxygens (including phenoxy) is 1. The predicted octanol–water partition coefficient (Wildman–Crippen LogP) is 4.02. The highest BCUT2D eigenvalue weighted by molar-refractivity contribution is 5.48. The highest BCUT2D eigenvalue weighted by atomic mass is 16.5. The SMILES string of the molecule is CCNC1c2cccc(C(C)CC)c2OC1CC. The fraction of sp³-hybridized carbons (Fsp3) is 0.625. The van der Waals surface area contributed by atoms with E-state index in [1.165, 1.54) is 11.1 Å². The van der Waals surface area contributed by atoms with Crippen LogP contribution in [0.4, 0.5) is 0 Å². The van der Waals surface area contributed by atoms with Crippen LogP contribution in [-0.4, -0.2) is 12.6 Å². The Morgan fingerprint density at radius 2 is 2.06 bits per heavy atom. The standard InChI is InChI=1S/C16H25NO/c1-5-11(4)12-9-8-10-13-15(17-7-3)14(6-2)18-16(12)13/h8-11,14-15,17H,5-7H2,1-4H3. The van der Waals surface area contributed by atoms with Gasteiger partial charge in [-0.15, -0.1) is 0 Å². The first-order valence-electron chi connectivity index (χ1n) is 7.25. The lowest BCUT2D eigenvalue weighted by Crippen LogP contribution is -2.30. The predicted molar refractivity (Wildman–Crippen MR) is 76.3 cm³/mol. The van der Waals surface area contributed by atoms with E-state index in [-0.39, 0.29) is 6.10 Å². The summed E-state index contributed by atoms with van der Waals surface area (Å²) in [6.07, 6.45) is 2.49. The Labute approximate surface area is 111 Å². The molecule has 1 aliphatic heterocycles. The summed E-state index contributed by atoms with van der Waals surface area (Å²) in [5.74, 6) is 1.71.